The first-order valence-electron chi connectivity index (χ1n) is 11.8. The van der Waals surface area contributed by atoms with Crippen molar-refractivity contribution < 1.29 is 39.5 Å². The van der Waals surface area contributed by atoms with Gasteiger partial charge in [-0.15, -0.1) is 0 Å². The zero-order valence-electron chi connectivity index (χ0n) is 20.8. The number of aromatic nitrogens is 2. The number of carboxylic acid groups (broad SMARTS) is 2. The van der Waals surface area contributed by atoms with Gasteiger partial charge in [-0.3, -0.25) is 4.79 Å². The van der Waals surface area contributed by atoms with Crippen LogP contribution in [0.2, 0.25) is 0 Å². The van der Waals surface area contributed by atoms with Gasteiger partial charge in [-0.25, -0.2) is 14.3 Å². The van der Waals surface area contributed by atoms with Crippen molar-refractivity contribution in [3.63, 3.8) is 0 Å². The van der Waals surface area contributed by atoms with Crippen LogP contribution in [0.3, 0.4) is 0 Å². The summed E-state index contributed by atoms with van der Waals surface area (Å²) in [5.41, 5.74) is 1.25. The van der Waals surface area contributed by atoms with E-state index in [1.165, 1.54) is 0 Å². The van der Waals surface area contributed by atoms with E-state index in [4.69, 9.17) is 25.2 Å². The van der Waals surface area contributed by atoms with Gasteiger partial charge in [-0.1, -0.05) is 45.4 Å². The predicted molar refractivity (Wildman–Crippen MR) is 131 cm³/mol. The molecule has 2 rings (SSSR count). The highest BCUT2D eigenvalue weighted by atomic mass is 16.5. The normalized spacial score (nSPS) is 12.3. The molecule has 12 nitrogen and oxygen atoms in total. The Kier molecular flexibility index (Phi) is 13.8. The van der Waals surface area contributed by atoms with Gasteiger partial charge in [0, 0.05) is 19.2 Å². The number of benzene rings is 1. The third-order valence-corrected chi connectivity index (χ3v) is 5.07. The number of amides is 1. The Morgan fingerprint density at radius 2 is 1.61 bits per heavy atom. The van der Waals surface area contributed by atoms with Crippen LogP contribution < -0.4 is 10.1 Å². The first-order valence-corrected chi connectivity index (χ1v) is 11.8. The quantitative estimate of drug-likeness (QED) is 0.232. The number of nitrogens with zero attached hydrogens (tertiary/aromatic N) is 3. The summed E-state index contributed by atoms with van der Waals surface area (Å²) >= 11 is 0. The van der Waals surface area contributed by atoms with Crippen LogP contribution in [0, 0.1) is 0 Å². The van der Waals surface area contributed by atoms with Gasteiger partial charge >= 0.3 is 11.9 Å². The smallest absolute Gasteiger partial charge is 0.335 e. The minimum atomic E-state index is -2.27. The van der Waals surface area contributed by atoms with Crippen LogP contribution in [-0.2, 0) is 9.59 Å². The zero-order valence-corrected chi connectivity index (χ0v) is 20.8. The van der Waals surface area contributed by atoms with E-state index < -0.39 is 24.1 Å². The third-order valence-electron chi connectivity index (χ3n) is 5.07. The number of hydrogen-bond donors (Lipinski definition) is 5. The Balaban J connectivity index is 0.000000548. The molecular formula is C24H36N4O8. The van der Waals surface area contributed by atoms with Crippen molar-refractivity contribution in [3.8, 4) is 11.6 Å². The number of carbonyl (C=O) groups excluding carboxylic acids is 1. The van der Waals surface area contributed by atoms with Crippen LogP contribution >= 0.6 is 0 Å². The number of rotatable bonds is 14. The summed E-state index contributed by atoms with van der Waals surface area (Å²) in [6.07, 6.45) is -2.52. The molecule has 12 heteroatoms. The molecule has 36 heavy (non-hydrogen) atoms. The van der Waals surface area contributed by atoms with Crippen LogP contribution in [0.15, 0.2) is 36.4 Å². The largest absolute Gasteiger partial charge is 0.479 e. The first-order chi connectivity index (χ1) is 17.2. The maximum Gasteiger partial charge on any atom is 0.335 e. The molecule has 1 amide bonds. The molecule has 0 bridgehead atoms. The summed E-state index contributed by atoms with van der Waals surface area (Å²) in [6.45, 7) is 10.3. The van der Waals surface area contributed by atoms with Crippen LogP contribution in [0.25, 0.3) is 5.69 Å². The second-order valence-corrected chi connectivity index (χ2v) is 7.67. The lowest BCUT2D eigenvalue weighted by molar-refractivity contribution is -0.165. The summed E-state index contributed by atoms with van der Waals surface area (Å²) in [4.78, 5) is 34.3. The molecule has 0 spiro atoms. The van der Waals surface area contributed by atoms with Crippen molar-refractivity contribution in [2.24, 2.45) is 0 Å². The molecule has 2 unspecified atom stereocenters. The van der Waals surface area contributed by atoms with Gasteiger partial charge in [0.25, 0.3) is 5.91 Å². The van der Waals surface area contributed by atoms with Crippen molar-refractivity contribution >= 4 is 17.8 Å². The minimum Gasteiger partial charge on any atom is -0.479 e. The number of carboxylic acids is 2. The fraction of sp³-hybridized carbons (Fsp3) is 0.500. The average molecular weight is 509 g/mol. The van der Waals surface area contributed by atoms with Gasteiger partial charge < -0.3 is 35.4 Å². The highest BCUT2D eigenvalue weighted by Crippen LogP contribution is 2.20. The number of carbonyl (C=O) groups is 3. The summed E-state index contributed by atoms with van der Waals surface area (Å²) in [6, 6.07) is 11.4. The molecule has 0 saturated carbocycles. The summed E-state index contributed by atoms with van der Waals surface area (Å²) in [5, 5.41) is 39.9. The van der Waals surface area contributed by atoms with E-state index in [0.717, 1.165) is 38.2 Å². The second-order valence-electron chi connectivity index (χ2n) is 7.67. The highest BCUT2D eigenvalue weighted by Gasteiger charge is 2.29. The summed E-state index contributed by atoms with van der Waals surface area (Å²) in [5.74, 6) is -3.12. The lowest BCUT2D eigenvalue weighted by Gasteiger charge is -2.17. The van der Waals surface area contributed by atoms with Crippen molar-refractivity contribution in [1.82, 2.24) is 20.0 Å². The third kappa shape index (κ3) is 10.0. The van der Waals surface area contributed by atoms with Gasteiger partial charge in [0.05, 0.1) is 12.3 Å². The molecule has 0 fully saturated rings. The number of ether oxygens (including phenoxy) is 1. The van der Waals surface area contributed by atoms with Crippen LogP contribution in [0.4, 0.5) is 0 Å². The summed E-state index contributed by atoms with van der Waals surface area (Å²) in [7, 11) is 0. The van der Waals surface area contributed by atoms with E-state index in [2.05, 4.69) is 36.1 Å². The fourth-order valence-electron chi connectivity index (χ4n) is 2.88. The van der Waals surface area contributed by atoms with Crippen molar-refractivity contribution in [2.45, 2.75) is 45.8 Å². The second kappa shape index (κ2) is 16.2. The molecule has 2 atom stereocenters. The SMILES string of the molecule is CCCCOc1cc(C(=O)NCCN(CC)CC)nn1-c1ccccc1.O=C(O)C(O)C(O)C(=O)O. The number of likely N-dealkylation sites (N-methyl/N-ethyl adjacent to an activating group) is 1. The molecule has 200 valence electrons. The van der Waals surface area contributed by atoms with Gasteiger partial charge in [-0.05, 0) is 31.6 Å². The van der Waals surface area contributed by atoms with E-state index in [1.54, 1.807) is 10.7 Å². The minimum absolute atomic E-state index is 0.174. The van der Waals surface area contributed by atoms with Gasteiger partial charge in [0.15, 0.2) is 17.9 Å². The lowest BCUT2D eigenvalue weighted by Crippen LogP contribution is -2.39. The molecule has 0 aliphatic rings. The molecule has 1 aromatic carbocycles. The predicted octanol–water partition coefficient (Wildman–Crippen LogP) is 1.00. The number of para-hydroxylation sites is 1. The maximum absolute atomic E-state index is 12.5. The fourth-order valence-corrected chi connectivity index (χ4v) is 2.88. The van der Waals surface area contributed by atoms with Crippen molar-refractivity contribution in [1.29, 1.82) is 0 Å². The number of aliphatic hydroxyl groups is 2. The molecule has 1 aromatic heterocycles. The van der Waals surface area contributed by atoms with Gasteiger partial charge in [0.2, 0.25) is 5.88 Å². The Bertz CT molecular complexity index is 929. The molecule has 0 aliphatic carbocycles. The van der Waals surface area contributed by atoms with Crippen LogP contribution in [-0.4, -0.2) is 97.9 Å². The van der Waals surface area contributed by atoms with E-state index in [-0.39, 0.29) is 5.91 Å². The standard InChI is InChI=1S/C20H30N4O2.C4H6O6/c1-4-7-15-26-19-16-18(20(25)21-13-14-23(5-2)6-3)22-24(19)17-11-9-8-10-12-17;5-1(3(7)8)2(6)4(9)10/h8-12,16H,4-7,13-15H2,1-3H3,(H,21,25);1-2,5-6H,(H,7,8)(H,9,10). The topological polar surface area (TPSA) is 174 Å². The molecule has 0 aliphatic heterocycles. The highest BCUT2D eigenvalue weighted by molar-refractivity contribution is 5.92. The molecule has 1 heterocycles. The maximum atomic E-state index is 12.5. The van der Waals surface area contributed by atoms with Gasteiger partial charge in [0.1, 0.15) is 0 Å². The molecule has 0 radical (unpaired) electrons. The van der Waals surface area contributed by atoms with E-state index in [9.17, 15) is 14.4 Å². The van der Waals surface area contributed by atoms with Crippen molar-refractivity contribution in [3.05, 3.63) is 42.1 Å². The number of unbranched alkanes of at least 4 members (excludes halogenated alkanes) is 1. The number of nitrogens with one attached hydrogen (secondary N) is 1. The van der Waals surface area contributed by atoms with E-state index in [1.807, 2.05) is 30.3 Å². The number of hydrogen-bond acceptors (Lipinski definition) is 8. The summed E-state index contributed by atoms with van der Waals surface area (Å²) < 4.78 is 7.54. The molecule has 5 N–H and O–H groups in total. The average Bonchev–Trinajstić information content (AvgIpc) is 3.31. The van der Waals surface area contributed by atoms with Crippen LogP contribution in [0.5, 0.6) is 5.88 Å². The first kappa shape index (κ1) is 30.6. The van der Waals surface area contributed by atoms with Crippen LogP contribution in [0.1, 0.15) is 44.1 Å². The zero-order chi connectivity index (χ0) is 27.1. The number of aliphatic carboxylic acids is 2. The Labute approximate surface area is 210 Å². The lowest BCUT2D eigenvalue weighted by atomic mass is 10.2. The Morgan fingerprint density at radius 3 is 2.11 bits per heavy atom. The van der Waals surface area contributed by atoms with Gasteiger partial charge in [-0.2, -0.15) is 5.10 Å². The monoisotopic (exact) mass is 508 g/mol. The Hall–Kier alpha value is -3.48. The van der Waals surface area contributed by atoms with Crippen molar-refractivity contribution in [2.75, 3.05) is 32.8 Å². The molecule has 0 saturated heterocycles. The number of aliphatic hydroxyl groups excluding tert-OH is 2. The molecule has 2 aromatic rings. The molecular weight excluding hydrogens is 472 g/mol. The Morgan fingerprint density at radius 1 is 1.03 bits per heavy atom. The van der Waals surface area contributed by atoms with E-state index in [0.29, 0.717) is 24.7 Å². The van der Waals surface area contributed by atoms with E-state index >= 15 is 0 Å².